The number of aryl methyl sites for hydroxylation is 1. The topological polar surface area (TPSA) is 85.5 Å². The Labute approximate surface area is 120 Å². The number of aromatic nitrogens is 2. The molecule has 21 heavy (non-hydrogen) atoms. The quantitative estimate of drug-likeness (QED) is 0.796. The number of methoxy groups -OCH3 is 1. The molecule has 6 heteroatoms. The molecule has 0 atom stereocenters. The van der Waals surface area contributed by atoms with Crippen molar-refractivity contribution in [2.45, 2.75) is 6.92 Å². The summed E-state index contributed by atoms with van der Waals surface area (Å²) in [4.78, 5) is 15.6. The molecule has 0 radical (unpaired) electrons. The van der Waals surface area contributed by atoms with Crippen LogP contribution in [0.25, 0.3) is 22.4 Å². The Morgan fingerprint density at radius 2 is 2.14 bits per heavy atom. The zero-order chi connectivity index (χ0) is 15.0. The van der Waals surface area contributed by atoms with Gasteiger partial charge in [0.15, 0.2) is 0 Å². The van der Waals surface area contributed by atoms with Crippen molar-refractivity contribution in [1.82, 2.24) is 10.1 Å². The summed E-state index contributed by atoms with van der Waals surface area (Å²) in [5, 5.41) is 13.7. The summed E-state index contributed by atoms with van der Waals surface area (Å²) >= 11 is 0. The van der Waals surface area contributed by atoms with E-state index < -0.39 is 5.97 Å². The van der Waals surface area contributed by atoms with Crippen molar-refractivity contribution < 1.29 is 19.2 Å². The highest BCUT2D eigenvalue weighted by Gasteiger charge is 2.20. The number of ether oxygens (including phenoxy) is 1. The molecule has 3 aromatic rings. The highest BCUT2D eigenvalue weighted by atomic mass is 16.5. The molecule has 0 aliphatic rings. The first-order valence-corrected chi connectivity index (χ1v) is 6.25. The largest absolute Gasteiger partial charge is 0.497 e. The molecule has 0 spiro atoms. The van der Waals surface area contributed by atoms with E-state index in [2.05, 4.69) is 10.1 Å². The minimum atomic E-state index is -1.04. The molecule has 1 N–H and O–H groups in total. The number of carbonyl (C=O) groups is 1. The average Bonchev–Trinajstić information content (AvgIpc) is 2.89. The highest BCUT2D eigenvalue weighted by molar-refractivity contribution is 6.06. The maximum Gasteiger partial charge on any atom is 0.336 e. The Bertz CT molecular complexity index is 839. The summed E-state index contributed by atoms with van der Waals surface area (Å²) in [5.74, 6) is -0.390. The van der Waals surface area contributed by atoms with Crippen LogP contribution in [0.1, 0.15) is 16.1 Å². The number of benzene rings is 1. The molecule has 0 amide bonds. The molecule has 0 fully saturated rings. The third kappa shape index (κ3) is 2.20. The summed E-state index contributed by atoms with van der Waals surface area (Å²) < 4.78 is 10.4. The van der Waals surface area contributed by atoms with Crippen molar-refractivity contribution in [3.8, 4) is 17.0 Å². The van der Waals surface area contributed by atoms with E-state index >= 15 is 0 Å². The van der Waals surface area contributed by atoms with Gasteiger partial charge < -0.3 is 14.4 Å². The van der Waals surface area contributed by atoms with E-state index in [0.29, 0.717) is 28.1 Å². The van der Waals surface area contributed by atoms with Crippen LogP contribution in [0.2, 0.25) is 0 Å². The van der Waals surface area contributed by atoms with E-state index in [1.54, 1.807) is 32.2 Å². The van der Waals surface area contributed by atoms with Gasteiger partial charge in [-0.2, -0.15) is 0 Å². The average molecular weight is 284 g/mol. The second-order valence-corrected chi connectivity index (χ2v) is 4.56. The zero-order valence-electron chi connectivity index (χ0n) is 11.5. The second kappa shape index (κ2) is 4.90. The number of hydrogen-bond donors (Lipinski definition) is 1. The molecule has 3 rings (SSSR count). The molecule has 106 valence electrons. The van der Waals surface area contributed by atoms with Gasteiger partial charge in [0.05, 0.1) is 18.1 Å². The molecular formula is C15H12N2O4. The minimum absolute atomic E-state index is 0.122. The lowest BCUT2D eigenvalue weighted by Crippen LogP contribution is -1.99. The van der Waals surface area contributed by atoms with Crippen LogP contribution in [-0.4, -0.2) is 28.3 Å². The van der Waals surface area contributed by atoms with Crippen LogP contribution in [0, 0.1) is 6.92 Å². The van der Waals surface area contributed by atoms with Gasteiger partial charge in [-0.15, -0.1) is 0 Å². The third-order valence-electron chi connectivity index (χ3n) is 3.15. The van der Waals surface area contributed by atoms with Crippen LogP contribution in [0.15, 0.2) is 34.9 Å². The maximum absolute atomic E-state index is 11.4. The fourth-order valence-electron chi connectivity index (χ4n) is 2.21. The Morgan fingerprint density at radius 1 is 1.33 bits per heavy atom. The van der Waals surface area contributed by atoms with Gasteiger partial charge in [-0.25, -0.2) is 9.78 Å². The van der Waals surface area contributed by atoms with Crippen molar-refractivity contribution in [3.05, 3.63) is 41.6 Å². The summed E-state index contributed by atoms with van der Waals surface area (Å²) in [7, 11) is 1.56. The SMILES string of the molecule is COc1cccc(-c2noc3nc(C)cc(C(=O)O)c23)c1. The third-order valence-corrected chi connectivity index (χ3v) is 3.15. The molecule has 0 saturated heterocycles. The number of aromatic carboxylic acids is 1. The second-order valence-electron chi connectivity index (χ2n) is 4.56. The fourth-order valence-corrected chi connectivity index (χ4v) is 2.21. The monoisotopic (exact) mass is 284 g/mol. The van der Waals surface area contributed by atoms with Crippen LogP contribution in [0.4, 0.5) is 0 Å². The van der Waals surface area contributed by atoms with Gasteiger partial charge in [-0.3, -0.25) is 0 Å². The first-order valence-electron chi connectivity index (χ1n) is 6.25. The van der Waals surface area contributed by atoms with Crippen molar-refractivity contribution in [2.75, 3.05) is 7.11 Å². The fraction of sp³-hybridized carbons (Fsp3) is 0.133. The number of carboxylic acid groups (broad SMARTS) is 1. The molecule has 0 unspecified atom stereocenters. The Hall–Kier alpha value is -2.89. The van der Waals surface area contributed by atoms with Crippen LogP contribution in [-0.2, 0) is 0 Å². The minimum Gasteiger partial charge on any atom is -0.497 e. The predicted molar refractivity (Wildman–Crippen MR) is 75.5 cm³/mol. The lowest BCUT2D eigenvalue weighted by Gasteiger charge is -2.03. The van der Waals surface area contributed by atoms with Crippen LogP contribution < -0.4 is 4.74 Å². The van der Waals surface area contributed by atoms with Crippen molar-refractivity contribution in [1.29, 1.82) is 0 Å². The summed E-state index contributed by atoms with van der Waals surface area (Å²) in [5.41, 5.74) is 2.05. The van der Waals surface area contributed by atoms with Crippen molar-refractivity contribution >= 4 is 17.1 Å². The van der Waals surface area contributed by atoms with E-state index in [0.717, 1.165) is 0 Å². The molecule has 1 aromatic carbocycles. The molecule has 0 bridgehead atoms. The van der Waals surface area contributed by atoms with Crippen LogP contribution >= 0.6 is 0 Å². The summed E-state index contributed by atoms with van der Waals surface area (Å²) in [6, 6.07) is 8.68. The molecule has 0 saturated carbocycles. The number of nitrogens with zero attached hydrogens (tertiary/aromatic N) is 2. The molecule has 0 aliphatic heterocycles. The normalized spacial score (nSPS) is 10.8. The number of hydrogen-bond acceptors (Lipinski definition) is 5. The van der Waals surface area contributed by atoms with Crippen LogP contribution in [0.3, 0.4) is 0 Å². The molecule has 6 nitrogen and oxygen atoms in total. The number of fused-ring (bicyclic) bond motifs is 1. The number of carboxylic acids is 1. The molecule has 0 aliphatic carbocycles. The van der Waals surface area contributed by atoms with Gasteiger partial charge in [0.1, 0.15) is 11.4 Å². The predicted octanol–water partition coefficient (Wildman–Crippen LogP) is 2.91. The van der Waals surface area contributed by atoms with Crippen molar-refractivity contribution in [2.24, 2.45) is 0 Å². The number of rotatable bonds is 3. The lowest BCUT2D eigenvalue weighted by molar-refractivity contribution is 0.0699. The summed E-state index contributed by atoms with van der Waals surface area (Å²) in [6.07, 6.45) is 0. The van der Waals surface area contributed by atoms with Gasteiger partial charge in [0, 0.05) is 11.3 Å². The number of pyridine rings is 1. The highest BCUT2D eigenvalue weighted by Crippen LogP contribution is 2.31. The van der Waals surface area contributed by atoms with Crippen LogP contribution in [0.5, 0.6) is 5.75 Å². The van der Waals surface area contributed by atoms with Crippen molar-refractivity contribution in [3.63, 3.8) is 0 Å². The maximum atomic E-state index is 11.4. The van der Waals surface area contributed by atoms with E-state index in [9.17, 15) is 9.90 Å². The van der Waals surface area contributed by atoms with E-state index in [1.165, 1.54) is 6.07 Å². The standard InChI is InChI=1S/C15H12N2O4/c1-8-6-11(15(18)19)12-13(17-21-14(12)16-8)9-4-3-5-10(7-9)20-2/h3-7H,1-2H3,(H,18,19). The molecule has 2 aromatic heterocycles. The van der Waals surface area contributed by atoms with Gasteiger partial charge in [0.2, 0.25) is 0 Å². The van der Waals surface area contributed by atoms with E-state index in [4.69, 9.17) is 9.26 Å². The van der Waals surface area contributed by atoms with Gasteiger partial charge >= 0.3 is 5.97 Å². The van der Waals surface area contributed by atoms with E-state index in [1.807, 2.05) is 6.07 Å². The smallest absolute Gasteiger partial charge is 0.336 e. The summed E-state index contributed by atoms with van der Waals surface area (Å²) in [6.45, 7) is 1.71. The Morgan fingerprint density at radius 3 is 2.86 bits per heavy atom. The Kier molecular flexibility index (Phi) is 3.06. The molecular weight excluding hydrogens is 272 g/mol. The van der Waals surface area contributed by atoms with Gasteiger partial charge in [-0.05, 0) is 25.1 Å². The zero-order valence-corrected chi connectivity index (χ0v) is 11.5. The lowest BCUT2D eigenvalue weighted by atomic mass is 10.0. The van der Waals surface area contributed by atoms with Gasteiger partial charge in [-0.1, -0.05) is 17.3 Å². The Balaban J connectivity index is 2.30. The first kappa shape index (κ1) is 13.1. The first-order chi connectivity index (χ1) is 10.1. The van der Waals surface area contributed by atoms with Gasteiger partial charge in [0.25, 0.3) is 5.71 Å². The van der Waals surface area contributed by atoms with E-state index in [-0.39, 0.29) is 11.3 Å². The molecule has 2 heterocycles.